The van der Waals surface area contributed by atoms with Gasteiger partial charge in [-0.25, -0.2) is 0 Å². The molecular weight excluding hydrogens is 402 g/mol. The van der Waals surface area contributed by atoms with Crippen LogP contribution in [0, 0.1) is 5.41 Å². The fraction of sp³-hybridized carbons (Fsp3) is 0.692. The molecule has 0 saturated carbocycles. The molecule has 0 radical (unpaired) electrons. The van der Waals surface area contributed by atoms with Crippen LogP contribution in [-0.2, 0) is 16.0 Å². The summed E-state index contributed by atoms with van der Waals surface area (Å²) in [5, 5.41) is 3.22. The zero-order valence-corrected chi connectivity index (χ0v) is 19.6. The Balaban J connectivity index is 1.37. The number of carbonyl (C=O) groups excluding carboxylic acids is 2. The quantitative estimate of drug-likeness (QED) is 0.764. The van der Waals surface area contributed by atoms with E-state index in [0.717, 1.165) is 57.4 Å². The Hall–Kier alpha value is -2.08. The van der Waals surface area contributed by atoms with Crippen molar-refractivity contribution in [3.63, 3.8) is 0 Å². The molecule has 0 aliphatic carbocycles. The van der Waals surface area contributed by atoms with Crippen molar-refractivity contribution in [2.75, 3.05) is 39.3 Å². The predicted octanol–water partition coefficient (Wildman–Crippen LogP) is 3.39. The third-order valence-electron chi connectivity index (χ3n) is 7.55. The third kappa shape index (κ3) is 5.64. The van der Waals surface area contributed by atoms with Crippen LogP contribution in [0.25, 0.3) is 0 Å². The van der Waals surface area contributed by atoms with Gasteiger partial charge in [-0.3, -0.25) is 14.5 Å². The number of hydrogen-bond donors (Lipinski definition) is 1. The van der Waals surface area contributed by atoms with Crippen LogP contribution in [0.4, 0.5) is 0 Å². The largest absolute Gasteiger partial charge is 0.491 e. The van der Waals surface area contributed by atoms with Gasteiger partial charge >= 0.3 is 0 Å². The van der Waals surface area contributed by atoms with Gasteiger partial charge in [0, 0.05) is 13.1 Å². The van der Waals surface area contributed by atoms with Crippen LogP contribution in [0.3, 0.4) is 0 Å². The SMILES string of the molecule is C[C@@H]1COc2ccccc2CCCCC2(CCN(C(=O)CN3CCCCC3)CC2)C(=O)N1. The summed E-state index contributed by atoms with van der Waals surface area (Å²) in [6.07, 6.45) is 9.11. The topological polar surface area (TPSA) is 61.9 Å². The van der Waals surface area contributed by atoms with E-state index in [1.165, 1.54) is 24.8 Å². The fourth-order valence-electron chi connectivity index (χ4n) is 5.45. The Kier molecular flexibility index (Phi) is 7.71. The average molecular weight is 442 g/mol. The van der Waals surface area contributed by atoms with Crippen LogP contribution in [0.1, 0.15) is 63.9 Å². The lowest BCUT2D eigenvalue weighted by Gasteiger charge is -2.42. The van der Waals surface area contributed by atoms with E-state index in [1.807, 2.05) is 24.0 Å². The average Bonchev–Trinajstić information content (AvgIpc) is 2.81. The summed E-state index contributed by atoms with van der Waals surface area (Å²) in [5.74, 6) is 1.31. The van der Waals surface area contributed by atoms with Crippen molar-refractivity contribution in [2.24, 2.45) is 5.41 Å². The Bertz CT molecular complexity index is 782. The van der Waals surface area contributed by atoms with E-state index in [9.17, 15) is 9.59 Å². The normalized spacial score (nSPS) is 25.1. The number of para-hydroxylation sites is 1. The van der Waals surface area contributed by atoms with Crippen molar-refractivity contribution < 1.29 is 14.3 Å². The van der Waals surface area contributed by atoms with Crippen LogP contribution in [0.2, 0.25) is 0 Å². The first-order valence-corrected chi connectivity index (χ1v) is 12.6. The Morgan fingerprint density at radius 2 is 1.78 bits per heavy atom. The van der Waals surface area contributed by atoms with Crippen LogP contribution in [0.5, 0.6) is 5.75 Å². The highest BCUT2D eigenvalue weighted by Gasteiger charge is 2.42. The van der Waals surface area contributed by atoms with E-state index < -0.39 is 0 Å². The second-order valence-electron chi connectivity index (χ2n) is 10.00. The maximum absolute atomic E-state index is 13.4. The fourth-order valence-corrected chi connectivity index (χ4v) is 5.45. The molecule has 3 aliphatic rings. The van der Waals surface area contributed by atoms with E-state index in [1.54, 1.807) is 0 Å². The lowest BCUT2D eigenvalue weighted by molar-refractivity contribution is -0.142. The first-order chi connectivity index (χ1) is 15.6. The number of benzene rings is 1. The van der Waals surface area contributed by atoms with Gasteiger partial charge in [0.1, 0.15) is 12.4 Å². The predicted molar refractivity (Wildman–Crippen MR) is 126 cm³/mol. The van der Waals surface area contributed by atoms with Crippen molar-refractivity contribution in [3.8, 4) is 5.75 Å². The molecule has 0 unspecified atom stereocenters. The van der Waals surface area contributed by atoms with Crippen LogP contribution < -0.4 is 10.1 Å². The molecule has 2 amide bonds. The monoisotopic (exact) mass is 441 g/mol. The Morgan fingerprint density at radius 1 is 1.03 bits per heavy atom. The molecule has 3 aliphatic heterocycles. The second-order valence-corrected chi connectivity index (χ2v) is 10.00. The number of hydrogen-bond acceptors (Lipinski definition) is 4. The molecular formula is C26H39N3O3. The highest BCUT2D eigenvalue weighted by molar-refractivity contribution is 5.84. The molecule has 1 aromatic rings. The van der Waals surface area contributed by atoms with Gasteiger partial charge in [0.05, 0.1) is 18.0 Å². The highest BCUT2D eigenvalue weighted by Crippen LogP contribution is 2.38. The summed E-state index contributed by atoms with van der Waals surface area (Å²) in [4.78, 5) is 30.5. The summed E-state index contributed by atoms with van der Waals surface area (Å²) >= 11 is 0. The van der Waals surface area contributed by atoms with Gasteiger partial charge in [0.15, 0.2) is 0 Å². The number of nitrogens with zero attached hydrogens (tertiary/aromatic N) is 2. The lowest BCUT2D eigenvalue weighted by Crippen LogP contribution is -2.53. The van der Waals surface area contributed by atoms with Crippen molar-refractivity contribution in [3.05, 3.63) is 29.8 Å². The number of amides is 2. The van der Waals surface area contributed by atoms with Gasteiger partial charge in [0.2, 0.25) is 11.8 Å². The van der Waals surface area contributed by atoms with Crippen molar-refractivity contribution in [1.29, 1.82) is 0 Å². The number of ether oxygens (including phenoxy) is 1. The standard InChI is InChI=1S/C26H39N3O3/c1-21-20-32-23-11-4-3-9-22(23)10-5-6-12-26(25(31)27-21)13-17-29(18-14-26)24(30)19-28-15-7-2-8-16-28/h3-4,9,11,21H,2,5-8,10,12-20H2,1H3,(H,27,31)/t21-/m1/s1. The van der Waals surface area contributed by atoms with Gasteiger partial charge in [-0.15, -0.1) is 0 Å². The Morgan fingerprint density at radius 3 is 2.56 bits per heavy atom. The highest BCUT2D eigenvalue weighted by atomic mass is 16.5. The summed E-state index contributed by atoms with van der Waals surface area (Å²) in [7, 11) is 0. The van der Waals surface area contributed by atoms with Crippen molar-refractivity contribution >= 4 is 11.8 Å². The van der Waals surface area contributed by atoms with Gasteiger partial charge < -0.3 is 15.0 Å². The second kappa shape index (κ2) is 10.7. The molecule has 1 atom stereocenters. The van der Waals surface area contributed by atoms with E-state index in [4.69, 9.17) is 4.74 Å². The molecule has 1 N–H and O–H groups in total. The van der Waals surface area contributed by atoms with Gasteiger partial charge in [-0.1, -0.05) is 31.0 Å². The Labute approximate surface area is 192 Å². The molecule has 3 heterocycles. The lowest BCUT2D eigenvalue weighted by atomic mass is 9.73. The van der Waals surface area contributed by atoms with Crippen molar-refractivity contribution in [2.45, 2.75) is 70.8 Å². The molecule has 1 spiro atoms. The smallest absolute Gasteiger partial charge is 0.236 e. The first-order valence-electron chi connectivity index (χ1n) is 12.6. The molecule has 6 heteroatoms. The number of aryl methyl sites for hydroxylation is 1. The zero-order chi connectivity index (χ0) is 22.4. The minimum atomic E-state index is -0.366. The summed E-state index contributed by atoms with van der Waals surface area (Å²) in [5.41, 5.74) is 0.883. The van der Waals surface area contributed by atoms with E-state index in [-0.39, 0.29) is 23.3 Å². The van der Waals surface area contributed by atoms with Crippen molar-refractivity contribution in [1.82, 2.24) is 15.1 Å². The van der Waals surface area contributed by atoms with E-state index in [2.05, 4.69) is 22.3 Å². The van der Waals surface area contributed by atoms with Crippen LogP contribution in [0.15, 0.2) is 24.3 Å². The van der Waals surface area contributed by atoms with E-state index >= 15 is 0 Å². The summed E-state index contributed by atoms with van der Waals surface area (Å²) in [6.45, 7) is 6.47. The molecule has 6 nitrogen and oxygen atoms in total. The zero-order valence-electron chi connectivity index (χ0n) is 19.6. The van der Waals surface area contributed by atoms with Gasteiger partial charge in [-0.05, 0) is 76.6 Å². The molecule has 0 bridgehead atoms. The number of likely N-dealkylation sites (tertiary alicyclic amines) is 2. The number of fused-ring (bicyclic) bond motifs is 1. The maximum atomic E-state index is 13.4. The molecule has 4 rings (SSSR count). The molecule has 2 fully saturated rings. The number of nitrogens with one attached hydrogen (secondary N) is 1. The van der Waals surface area contributed by atoms with Gasteiger partial charge in [0.25, 0.3) is 0 Å². The number of carbonyl (C=O) groups is 2. The third-order valence-corrected chi connectivity index (χ3v) is 7.55. The maximum Gasteiger partial charge on any atom is 0.236 e. The van der Waals surface area contributed by atoms with Crippen LogP contribution >= 0.6 is 0 Å². The number of piperidine rings is 2. The van der Waals surface area contributed by atoms with Gasteiger partial charge in [-0.2, -0.15) is 0 Å². The minimum Gasteiger partial charge on any atom is -0.491 e. The first kappa shape index (κ1) is 23.1. The molecule has 32 heavy (non-hydrogen) atoms. The minimum absolute atomic E-state index is 0.0504. The molecule has 1 aromatic carbocycles. The molecule has 176 valence electrons. The molecule has 0 aromatic heterocycles. The summed E-state index contributed by atoms with van der Waals surface area (Å²) in [6, 6.07) is 8.19. The summed E-state index contributed by atoms with van der Waals surface area (Å²) < 4.78 is 6.05. The van der Waals surface area contributed by atoms with E-state index in [0.29, 0.717) is 26.2 Å². The molecule has 2 saturated heterocycles. The van der Waals surface area contributed by atoms with Crippen LogP contribution in [-0.4, -0.2) is 67.0 Å². The number of rotatable bonds is 2.